The van der Waals surface area contributed by atoms with Gasteiger partial charge in [0.1, 0.15) is 5.75 Å². The molecule has 0 atom stereocenters. The minimum Gasteiger partial charge on any atom is -0.494 e. The summed E-state index contributed by atoms with van der Waals surface area (Å²) in [5.41, 5.74) is 3.49. The monoisotopic (exact) mass is 466 g/mol. The van der Waals surface area contributed by atoms with Crippen LogP contribution in [0.5, 0.6) is 5.75 Å². The van der Waals surface area contributed by atoms with E-state index in [1.54, 1.807) is 6.07 Å². The fraction of sp³-hybridized carbons (Fsp3) is 0.111. The Morgan fingerprint density at radius 1 is 0.914 bits per heavy atom. The van der Waals surface area contributed by atoms with Gasteiger partial charge >= 0.3 is 0 Å². The predicted molar refractivity (Wildman–Crippen MR) is 130 cm³/mol. The number of ether oxygens (including phenoxy) is 1. The Bertz CT molecular complexity index is 1410. The molecule has 0 aliphatic carbocycles. The van der Waals surface area contributed by atoms with E-state index >= 15 is 0 Å². The number of carbonyl (C=O) groups is 1. The first-order valence-corrected chi connectivity index (χ1v) is 11.2. The van der Waals surface area contributed by atoms with Gasteiger partial charge in [0.25, 0.3) is 5.91 Å². The second kappa shape index (κ2) is 10.0. The van der Waals surface area contributed by atoms with Gasteiger partial charge in [0.05, 0.1) is 13.0 Å². The molecule has 5 aromatic rings. The molecule has 0 fully saturated rings. The van der Waals surface area contributed by atoms with Crippen molar-refractivity contribution >= 4 is 11.6 Å². The zero-order chi connectivity index (χ0) is 24.0. The van der Waals surface area contributed by atoms with Crippen LogP contribution in [0.25, 0.3) is 22.8 Å². The third-order valence-corrected chi connectivity index (χ3v) is 5.25. The molecule has 0 radical (unpaired) electrons. The Morgan fingerprint density at radius 3 is 2.43 bits per heavy atom. The summed E-state index contributed by atoms with van der Waals surface area (Å²) < 4.78 is 16.6. The normalized spacial score (nSPS) is 10.8. The molecule has 8 nitrogen and oxygen atoms in total. The van der Waals surface area contributed by atoms with Crippen molar-refractivity contribution in [3.05, 3.63) is 102 Å². The lowest BCUT2D eigenvalue weighted by molar-refractivity contribution is 0.101. The van der Waals surface area contributed by atoms with Crippen LogP contribution in [0.4, 0.5) is 5.69 Å². The number of hydrogen-bond acceptors (Lipinski definition) is 7. The molecule has 0 spiro atoms. The van der Waals surface area contributed by atoms with Crippen LogP contribution in [0.15, 0.2) is 93.9 Å². The number of amides is 1. The number of nitrogens with zero attached hydrogens (tertiary/aromatic N) is 3. The Hall–Kier alpha value is -4.72. The van der Waals surface area contributed by atoms with Gasteiger partial charge in [0.15, 0.2) is 11.5 Å². The van der Waals surface area contributed by atoms with Crippen molar-refractivity contribution in [2.45, 2.75) is 13.3 Å². The highest BCUT2D eigenvalue weighted by Crippen LogP contribution is 2.24. The van der Waals surface area contributed by atoms with E-state index in [0.717, 1.165) is 22.4 Å². The standard InChI is InChI=1S/C27H22N4O4/c1-2-33-22-14-10-19(11-15-22)24-17-23(31-35-24)26(32)28-21-12-8-18(9-13-21)16-25-29-30-27(34-25)20-6-4-3-5-7-20/h3-15,17H,2,16H2,1H3,(H,28,32). The molecule has 1 amide bonds. The Labute approximate surface area is 201 Å². The second-order valence-corrected chi connectivity index (χ2v) is 7.73. The molecule has 1 N–H and O–H groups in total. The van der Waals surface area contributed by atoms with E-state index in [4.69, 9.17) is 13.7 Å². The highest BCUT2D eigenvalue weighted by atomic mass is 16.5. The average molecular weight is 466 g/mol. The fourth-order valence-electron chi connectivity index (χ4n) is 3.50. The largest absolute Gasteiger partial charge is 0.494 e. The maximum absolute atomic E-state index is 12.6. The van der Waals surface area contributed by atoms with E-state index in [2.05, 4.69) is 20.7 Å². The van der Waals surface area contributed by atoms with Crippen molar-refractivity contribution in [1.82, 2.24) is 15.4 Å². The van der Waals surface area contributed by atoms with Gasteiger partial charge in [-0.1, -0.05) is 35.5 Å². The number of anilines is 1. The molecule has 0 bridgehead atoms. The van der Waals surface area contributed by atoms with Gasteiger partial charge in [-0.05, 0) is 61.0 Å². The molecule has 0 unspecified atom stereocenters. The lowest BCUT2D eigenvalue weighted by Crippen LogP contribution is -2.12. The molecule has 0 saturated heterocycles. The summed E-state index contributed by atoms with van der Waals surface area (Å²) >= 11 is 0. The summed E-state index contributed by atoms with van der Waals surface area (Å²) in [5.74, 6) is 1.92. The van der Waals surface area contributed by atoms with Crippen molar-refractivity contribution in [1.29, 1.82) is 0 Å². The van der Waals surface area contributed by atoms with Gasteiger partial charge < -0.3 is 19.0 Å². The van der Waals surface area contributed by atoms with E-state index in [-0.39, 0.29) is 11.6 Å². The molecule has 3 aromatic carbocycles. The van der Waals surface area contributed by atoms with Crippen LogP contribution in [0.3, 0.4) is 0 Å². The zero-order valence-corrected chi connectivity index (χ0v) is 19.0. The van der Waals surface area contributed by atoms with E-state index in [0.29, 0.717) is 36.3 Å². The molecule has 0 aliphatic rings. The van der Waals surface area contributed by atoms with Crippen LogP contribution in [0, 0.1) is 0 Å². The van der Waals surface area contributed by atoms with E-state index in [1.807, 2.05) is 85.8 Å². The van der Waals surface area contributed by atoms with Crippen molar-refractivity contribution < 1.29 is 18.5 Å². The predicted octanol–water partition coefficient (Wildman–Crippen LogP) is 5.63. The van der Waals surface area contributed by atoms with Crippen LogP contribution >= 0.6 is 0 Å². The number of carbonyl (C=O) groups excluding carboxylic acids is 1. The van der Waals surface area contributed by atoms with E-state index < -0.39 is 0 Å². The molecule has 2 aromatic heterocycles. The van der Waals surface area contributed by atoms with E-state index in [9.17, 15) is 4.79 Å². The molecule has 35 heavy (non-hydrogen) atoms. The molecule has 0 saturated carbocycles. The number of nitrogens with one attached hydrogen (secondary N) is 1. The second-order valence-electron chi connectivity index (χ2n) is 7.73. The van der Waals surface area contributed by atoms with Crippen LogP contribution < -0.4 is 10.1 Å². The van der Waals surface area contributed by atoms with Gasteiger partial charge in [-0.2, -0.15) is 0 Å². The number of benzene rings is 3. The van der Waals surface area contributed by atoms with Crippen LogP contribution in [-0.2, 0) is 6.42 Å². The molecule has 0 aliphatic heterocycles. The van der Waals surface area contributed by atoms with Crippen LogP contribution in [0.2, 0.25) is 0 Å². The lowest BCUT2D eigenvalue weighted by atomic mass is 10.1. The summed E-state index contributed by atoms with van der Waals surface area (Å²) in [7, 11) is 0. The van der Waals surface area contributed by atoms with Crippen LogP contribution in [0.1, 0.15) is 28.9 Å². The Morgan fingerprint density at radius 2 is 1.69 bits per heavy atom. The van der Waals surface area contributed by atoms with Crippen molar-refractivity contribution in [3.63, 3.8) is 0 Å². The van der Waals surface area contributed by atoms with Crippen molar-refractivity contribution in [2.24, 2.45) is 0 Å². The fourth-order valence-corrected chi connectivity index (χ4v) is 3.50. The summed E-state index contributed by atoms with van der Waals surface area (Å²) in [5, 5.41) is 15.0. The SMILES string of the molecule is CCOc1ccc(-c2cc(C(=O)Nc3ccc(Cc4nnc(-c5ccccc5)o4)cc3)no2)cc1. The zero-order valence-electron chi connectivity index (χ0n) is 19.0. The quantitative estimate of drug-likeness (QED) is 0.316. The van der Waals surface area contributed by atoms with Crippen molar-refractivity contribution in [3.8, 4) is 28.5 Å². The molecule has 2 heterocycles. The highest BCUT2D eigenvalue weighted by molar-refractivity contribution is 6.03. The lowest BCUT2D eigenvalue weighted by Gasteiger charge is -2.04. The maximum Gasteiger partial charge on any atom is 0.277 e. The maximum atomic E-state index is 12.6. The first-order chi connectivity index (χ1) is 17.2. The number of hydrogen-bond donors (Lipinski definition) is 1. The smallest absolute Gasteiger partial charge is 0.277 e. The van der Waals surface area contributed by atoms with Gasteiger partial charge in [-0.3, -0.25) is 4.79 Å². The van der Waals surface area contributed by atoms with Gasteiger partial charge in [0, 0.05) is 22.9 Å². The highest BCUT2D eigenvalue weighted by Gasteiger charge is 2.15. The van der Waals surface area contributed by atoms with E-state index in [1.165, 1.54) is 0 Å². The van der Waals surface area contributed by atoms with Gasteiger partial charge in [-0.25, -0.2) is 0 Å². The van der Waals surface area contributed by atoms with Gasteiger partial charge in [0.2, 0.25) is 11.8 Å². The minimum absolute atomic E-state index is 0.192. The summed E-state index contributed by atoms with van der Waals surface area (Å²) in [4.78, 5) is 12.6. The summed E-state index contributed by atoms with van der Waals surface area (Å²) in [6, 6.07) is 26.1. The molecule has 174 valence electrons. The third kappa shape index (κ3) is 5.27. The van der Waals surface area contributed by atoms with Gasteiger partial charge in [-0.15, -0.1) is 10.2 Å². The van der Waals surface area contributed by atoms with Crippen LogP contribution in [-0.4, -0.2) is 27.9 Å². The minimum atomic E-state index is -0.358. The summed E-state index contributed by atoms with van der Waals surface area (Å²) in [6.45, 7) is 2.53. The third-order valence-electron chi connectivity index (χ3n) is 5.25. The Kier molecular flexibility index (Phi) is 6.34. The van der Waals surface area contributed by atoms with Crippen molar-refractivity contribution in [2.75, 3.05) is 11.9 Å². The average Bonchev–Trinajstić information content (AvgIpc) is 3.57. The molecule has 5 rings (SSSR count). The molecule has 8 heteroatoms. The summed E-state index contributed by atoms with van der Waals surface area (Å²) in [6.07, 6.45) is 0.489. The number of rotatable bonds is 8. The number of aromatic nitrogens is 3. The topological polar surface area (TPSA) is 103 Å². The molecular weight excluding hydrogens is 444 g/mol. The Balaban J connectivity index is 1.20. The first kappa shape index (κ1) is 22.1. The first-order valence-electron chi connectivity index (χ1n) is 11.2. The molecular formula is C27H22N4O4.